The van der Waals surface area contributed by atoms with E-state index in [9.17, 15) is 4.79 Å². The number of ether oxygens (including phenoxy) is 1. The fraction of sp³-hybridized carbons (Fsp3) is 0.0870. The Morgan fingerprint density at radius 3 is 2.67 bits per heavy atom. The van der Waals surface area contributed by atoms with Crippen LogP contribution in [0.3, 0.4) is 0 Å². The fourth-order valence-electron chi connectivity index (χ4n) is 2.82. The maximum atomic E-state index is 13.3. The molecule has 0 N–H and O–H groups in total. The van der Waals surface area contributed by atoms with Crippen molar-refractivity contribution in [3.05, 3.63) is 87.9 Å². The number of anilines is 1. The molecule has 0 aliphatic heterocycles. The molecule has 0 aliphatic rings. The maximum Gasteiger partial charge on any atom is 0.280 e. The van der Waals surface area contributed by atoms with Gasteiger partial charge in [0.1, 0.15) is 5.75 Å². The lowest BCUT2D eigenvalue weighted by Gasteiger charge is -2.14. The first-order valence-electron chi connectivity index (χ1n) is 9.19. The SMILES string of the molecule is COc1ccc2nc(N(/N=C/c3ccc(C)cc3)C(=O)c3cccc(Br)c3)sc2c1. The highest BCUT2D eigenvalue weighted by Crippen LogP contribution is 2.32. The summed E-state index contributed by atoms with van der Waals surface area (Å²) < 4.78 is 7.04. The van der Waals surface area contributed by atoms with E-state index in [0.717, 1.165) is 31.6 Å². The number of aromatic nitrogens is 1. The molecule has 5 nitrogen and oxygen atoms in total. The minimum Gasteiger partial charge on any atom is -0.497 e. The number of carbonyl (C=O) groups excluding carboxylic acids is 1. The third-order valence-electron chi connectivity index (χ3n) is 4.43. The number of thiazole rings is 1. The molecule has 150 valence electrons. The summed E-state index contributed by atoms with van der Waals surface area (Å²) in [6, 6.07) is 20.8. The molecular formula is C23H18BrN3O2S. The second-order valence-electron chi connectivity index (χ2n) is 6.61. The standard InChI is InChI=1S/C23H18BrN3O2S/c1-15-6-8-16(9-7-15)14-25-27(22(28)17-4-3-5-18(24)12-17)23-26-20-11-10-19(29-2)13-21(20)30-23/h3-14H,1-2H3/b25-14+. The molecule has 1 heterocycles. The van der Waals surface area contributed by atoms with Crippen LogP contribution in [0.2, 0.25) is 0 Å². The predicted octanol–water partition coefficient (Wildman–Crippen LogP) is 6.06. The highest BCUT2D eigenvalue weighted by atomic mass is 79.9. The van der Waals surface area contributed by atoms with Crippen LogP contribution in [0.15, 0.2) is 76.3 Å². The number of hydrogen-bond donors (Lipinski definition) is 0. The third-order valence-corrected chi connectivity index (χ3v) is 5.92. The monoisotopic (exact) mass is 479 g/mol. The number of halogens is 1. The molecule has 4 rings (SSSR count). The van der Waals surface area contributed by atoms with E-state index in [2.05, 4.69) is 26.0 Å². The van der Waals surface area contributed by atoms with Gasteiger partial charge in [0.15, 0.2) is 0 Å². The molecule has 0 spiro atoms. The van der Waals surface area contributed by atoms with Crippen molar-refractivity contribution in [1.82, 2.24) is 4.98 Å². The molecular weight excluding hydrogens is 462 g/mol. The van der Waals surface area contributed by atoms with E-state index >= 15 is 0 Å². The Hall–Kier alpha value is -3.03. The maximum absolute atomic E-state index is 13.3. The van der Waals surface area contributed by atoms with Crippen LogP contribution in [0, 0.1) is 6.92 Å². The number of amides is 1. The molecule has 1 aromatic heterocycles. The molecule has 3 aromatic carbocycles. The summed E-state index contributed by atoms with van der Waals surface area (Å²) in [7, 11) is 1.62. The predicted molar refractivity (Wildman–Crippen MR) is 126 cm³/mol. The number of methoxy groups -OCH3 is 1. The van der Waals surface area contributed by atoms with Gasteiger partial charge in [-0.05, 0) is 48.9 Å². The Bertz CT molecular complexity index is 1230. The summed E-state index contributed by atoms with van der Waals surface area (Å²) in [5.41, 5.74) is 3.36. The summed E-state index contributed by atoms with van der Waals surface area (Å²) in [6.07, 6.45) is 1.67. The Morgan fingerprint density at radius 1 is 1.13 bits per heavy atom. The van der Waals surface area contributed by atoms with Gasteiger partial charge in [-0.25, -0.2) is 4.98 Å². The van der Waals surface area contributed by atoms with Gasteiger partial charge in [-0.1, -0.05) is 63.2 Å². The van der Waals surface area contributed by atoms with Crippen molar-refractivity contribution >= 4 is 54.7 Å². The average Bonchev–Trinajstić information content (AvgIpc) is 3.17. The normalized spacial score (nSPS) is 11.2. The molecule has 1 amide bonds. The highest BCUT2D eigenvalue weighted by Gasteiger charge is 2.21. The van der Waals surface area contributed by atoms with E-state index in [0.29, 0.717) is 10.7 Å². The summed E-state index contributed by atoms with van der Waals surface area (Å²) >= 11 is 4.81. The number of benzene rings is 3. The highest BCUT2D eigenvalue weighted by molar-refractivity contribution is 9.10. The molecule has 4 aromatic rings. The van der Waals surface area contributed by atoms with Gasteiger partial charge in [-0.2, -0.15) is 10.1 Å². The number of aryl methyl sites for hydroxylation is 1. The first kappa shape index (κ1) is 20.3. The van der Waals surface area contributed by atoms with E-state index in [4.69, 9.17) is 4.74 Å². The topological polar surface area (TPSA) is 54.8 Å². The molecule has 0 saturated carbocycles. The fourth-order valence-corrected chi connectivity index (χ4v) is 4.17. The summed E-state index contributed by atoms with van der Waals surface area (Å²) in [6.45, 7) is 2.03. The summed E-state index contributed by atoms with van der Waals surface area (Å²) in [5, 5.41) is 6.34. The van der Waals surface area contributed by atoms with E-state index in [-0.39, 0.29) is 5.91 Å². The van der Waals surface area contributed by atoms with Gasteiger partial charge in [0.2, 0.25) is 5.13 Å². The number of hydrogen-bond acceptors (Lipinski definition) is 5. The smallest absolute Gasteiger partial charge is 0.280 e. The van der Waals surface area contributed by atoms with Gasteiger partial charge in [0.05, 0.1) is 23.5 Å². The summed E-state index contributed by atoms with van der Waals surface area (Å²) in [4.78, 5) is 17.9. The second-order valence-corrected chi connectivity index (χ2v) is 8.54. The van der Waals surface area contributed by atoms with Crippen molar-refractivity contribution in [3.8, 4) is 5.75 Å². The average molecular weight is 480 g/mol. The summed E-state index contributed by atoms with van der Waals surface area (Å²) in [5.74, 6) is 0.483. The Labute approximate surface area is 186 Å². The first-order chi connectivity index (χ1) is 14.5. The van der Waals surface area contributed by atoms with Crippen LogP contribution in [0.5, 0.6) is 5.75 Å². The van der Waals surface area contributed by atoms with E-state index in [1.807, 2.05) is 61.5 Å². The van der Waals surface area contributed by atoms with Gasteiger partial charge < -0.3 is 4.74 Å². The minimum atomic E-state index is -0.259. The molecule has 7 heteroatoms. The molecule has 0 radical (unpaired) electrons. The number of nitrogens with zero attached hydrogens (tertiary/aromatic N) is 3. The number of fused-ring (bicyclic) bond motifs is 1. The van der Waals surface area contributed by atoms with Crippen LogP contribution in [-0.2, 0) is 0 Å². The number of carbonyl (C=O) groups is 1. The lowest BCUT2D eigenvalue weighted by molar-refractivity contribution is 0.0988. The van der Waals surface area contributed by atoms with Crippen LogP contribution in [0.1, 0.15) is 21.5 Å². The van der Waals surface area contributed by atoms with Crippen LogP contribution < -0.4 is 9.75 Å². The Balaban J connectivity index is 1.76. The number of hydrazone groups is 1. The van der Waals surface area contributed by atoms with Crippen LogP contribution in [0.25, 0.3) is 10.2 Å². The lowest BCUT2D eigenvalue weighted by Crippen LogP contribution is -2.25. The van der Waals surface area contributed by atoms with Gasteiger partial charge in [0.25, 0.3) is 5.91 Å². The van der Waals surface area contributed by atoms with Crippen molar-refractivity contribution in [2.45, 2.75) is 6.92 Å². The zero-order valence-electron chi connectivity index (χ0n) is 16.4. The van der Waals surface area contributed by atoms with Crippen LogP contribution >= 0.6 is 27.3 Å². The zero-order chi connectivity index (χ0) is 21.1. The second kappa shape index (κ2) is 8.77. The Kier molecular flexibility index (Phi) is 5.92. The van der Waals surface area contributed by atoms with Crippen molar-refractivity contribution < 1.29 is 9.53 Å². The van der Waals surface area contributed by atoms with Gasteiger partial charge in [0, 0.05) is 10.0 Å². The third kappa shape index (κ3) is 4.42. The van der Waals surface area contributed by atoms with Gasteiger partial charge in [-0.3, -0.25) is 4.79 Å². The van der Waals surface area contributed by atoms with Crippen molar-refractivity contribution in [3.63, 3.8) is 0 Å². The van der Waals surface area contributed by atoms with Gasteiger partial charge >= 0.3 is 0 Å². The van der Waals surface area contributed by atoms with Crippen molar-refractivity contribution in [2.24, 2.45) is 5.10 Å². The quantitative estimate of drug-likeness (QED) is 0.258. The van der Waals surface area contributed by atoms with E-state index < -0.39 is 0 Å². The minimum absolute atomic E-state index is 0.259. The molecule has 0 unspecified atom stereocenters. The largest absolute Gasteiger partial charge is 0.497 e. The number of rotatable bonds is 5. The lowest BCUT2D eigenvalue weighted by atomic mass is 10.2. The van der Waals surface area contributed by atoms with Gasteiger partial charge in [-0.15, -0.1) is 0 Å². The molecule has 0 bridgehead atoms. The molecule has 0 fully saturated rings. The Morgan fingerprint density at radius 2 is 1.93 bits per heavy atom. The van der Waals surface area contributed by atoms with E-state index in [1.165, 1.54) is 16.3 Å². The zero-order valence-corrected chi connectivity index (χ0v) is 18.8. The molecule has 0 aliphatic carbocycles. The van der Waals surface area contributed by atoms with Crippen molar-refractivity contribution in [1.29, 1.82) is 0 Å². The van der Waals surface area contributed by atoms with E-state index in [1.54, 1.807) is 25.5 Å². The van der Waals surface area contributed by atoms with Crippen LogP contribution in [0.4, 0.5) is 5.13 Å². The first-order valence-corrected chi connectivity index (χ1v) is 10.8. The molecule has 30 heavy (non-hydrogen) atoms. The molecule has 0 atom stereocenters. The van der Waals surface area contributed by atoms with Crippen molar-refractivity contribution in [2.75, 3.05) is 12.1 Å². The molecule has 0 saturated heterocycles. The van der Waals surface area contributed by atoms with Crippen LogP contribution in [-0.4, -0.2) is 24.2 Å².